The summed E-state index contributed by atoms with van der Waals surface area (Å²) >= 11 is 1.32. The average Bonchev–Trinajstić information content (AvgIpc) is 3.33. The smallest absolute Gasteiger partial charge is 0.344 e. The minimum absolute atomic E-state index is 0.0220. The van der Waals surface area contributed by atoms with Gasteiger partial charge in [-0.2, -0.15) is 0 Å². The molecule has 30 heavy (non-hydrogen) atoms. The number of ether oxygens (including phenoxy) is 1. The molecule has 4 rings (SSSR count). The molecule has 3 N–H and O–H groups in total. The van der Waals surface area contributed by atoms with Crippen molar-refractivity contribution in [2.24, 2.45) is 5.73 Å². The quantitative estimate of drug-likeness (QED) is 0.531. The molecule has 0 spiro atoms. The number of anilines is 1. The van der Waals surface area contributed by atoms with Crippen LogP contribution in [-0.2, 0) is 11.3 Å². The maximum Gasteiger partial charge on any atom is 0.344 e. The second kappa shape index (κ2) is 8.01. The number of hydrogen-bond donors (Lipinski definition) is 2. The summed E-state index contributed by atoms with van der Waals surface area (Å²) in [7, 11) is 0. The zero-order valence-electron chi connectivity index (χ0n) is 16.4. The monoisotopic (exact) mass is 435 g/mol. The lowest BCUT2D eigenvalue weighted by Crippen LogP contribution is -2.43. The van der Waals surface area contributed by atoms with Crippen LogP contribution < -0.4 is 16.1 Å². The fraction of sp³-hybridized carbons (Fsp3) is 0.450. The van der Waals surface area contributed by atoms with Crippen LogP contribution in [0.2, 0.25) is 0 Å². The minimum atomic E-state index is -0.768. The number of rotatable bonds is 5. The number of carbonyl (C=O) groups excluding carboxylic acids is 2. The lowest BCUT2D eigenvalue weighted by Gasteiger charge is -2.29. The number of aryl methyl sites for hydroxylation is 1. The number of nitrogens with zero attached hydrogens (tertiary/aromatic N) is 2. The van der Waals surface area contributed by atoms with Crippen molar-refractivity contribution in [3.63, 3.8) is 0 Å². The molecule has 160 valence electrons. The topological polar surface area (TPSA) is 115 Å². The van der Waals surface area contributed by atoms with Crippen LogP contribution in [0, 0.1) is 5.82 Å². The molecule has 2 aromatic rings. The summed E-state index contributed by atoms with van der Waals surface area (Å²) in [5, 5.41) is 10.1. The van der Waals surface area contributed by atoms with Gasteiger partial charge >= 0.3 is 5.97 Å². The molecule has 1 saturated heterocycles. The standard InChI is InChI=1S/C20H22FN3O5S/c1-2-29-20(28)15-18(27)10-7-12(21)17(23-4-3-13(22)14(23)9-26)11(8-25)16(10)24-5-6-30-19(15)24/h7-8,13-14,26H,2-6,9,22H2,1H3/t13-,14-/m1/s1. The number of halogens is 1. The normalized spacial score (nSPS) is 20.6. The van der Waals surface area contributed by atoms with Crippen LogP contribution in [0.5, 0.6) is 0 Å². The van der Waals surface area contributed by atoms with E-state index in [0.29, 0.717) is 36.6 Å². The molecule has 0 saturated carbocycles. The van der Waals surface area contributed by atoms with Crippen molar-refractivity contribution in [2.75, 3.05) is 30.4 Å². The number of esters is 1. The number of aliphatic hydroxyl groups excluding tert-OH is 1. The summed E-state index contributed by atoms with van der Waals surface area (Å²) in [6.45, 7) is 2.29. The van der Waals surface area contributed by atoms with Crippen LogP contribution >= 0.6 is 11.8 Å². The van der Waals surface area contributed by atoms with Gasteiger partial charge in [-0.05, 0) is 19.4 Å². The highest BCUT2D eigenvalue weighted by molar-refractivity contribution is 7.99. The summed E-state index contributed by atoms with van der Waals surface area (Å²) in [4.78, 5) is 39.3. The Hall–Kier alpha value is -2.43. The third kappa shape index (κ3) is 3.01. The van der Waals surface area contributed by atoms with E-state index < -0.39 is 23.3 Å². The number of thioether (sulfide) groups is 1. The molecule has 8 nitrogen and oxygen atoms in total. The van der Waals surface area contributed by atoms with Crippen LogP contribution in [0.1, 0.15) is 34.1 Å². The van der Waals surface area contributed by atoms with Crippen molar-refractivity contribution in [1.29, 1.82) is 0 Å². The van der Waals surface area contributed by atoms with Crippen molar-refractivity contribution in [1.82, 2.24) is 4.57 Å². The number of benzene rings is 1. The van der Waals surface area contributed by atoms with Crippen LogP contribution in [0.25, 0.3) is 10.9 Å². The van der Waals surface area contributed by atoms with E-state index in [2.05, 4.69) is 0 Å². The SMILES string of the molecule is CCOC(=O)c1c2n(c3c(C=O)c(N4CC[C@@H](N)[C@H]4CO)c(F)cc3c1=O)CCS2. The molecular weight excluding hydrogens is 413 g/mol. The van der Waals surface area contributed by atoms with Crippen LogP contribution in [0.4, 0.5) is 10.1 Å². The molecule has 0 radical (unpaired) electrons. The Labute approximate surface area is 175 Å². The Balaban J connectivity index is 2.05. The molecule has 2 atom stereocenters. The van der Waals surface area contributed by atoms with Gasteiger partial charge < -0.3 is 25.0 Å². The number of aromatic nitrogens is 1. The van der Waals surface area contributed by atoms with Crippen LogP contribution in [-0.4, -0.2) is 59.5 Å². The molecule has 1 aromatic heterocycles. The molecule has 10 heteroatoms. The molecular formula is C20H22FN3O5S. The highest BCUT2D eigenvalue weighted by Gasteiger charge is 2.36. The highest BCUT2D eigenvalue weighted by Crippen LogP contribution is 2.38. The first-order chi connectivity index (χ1) is 14.4. The van der Waals surface area contributed by atoms with E-state index in [4.69, 9.17) is 10.5 Å². The van der Waals surface area contributed by atoms with Gasteiger partial charge in [-0.15, -0.1) is 11.8 Å². The molecule has 0 aliphatic carbocycles. The second-order valence-electron chi connectivity index (χ2n) is 7.26. The van der Waals surface area contributed by atoms with Gasteiger partial charge in [-0.3, -0.25) is 9.59 Å². The van der Waals surface area contributed by atoms with Gasteiger partial charge in [0, 0.05) is 24.9 Å². The molecule has 2 aliphatic rings. The van der Waals surface area contributed by atoms with Crippen molar-refractivity contribution in [3.05, 3.63) is 33.2 Å². The minimum Gasteiger partial charge on any atom is -0.462 e. The Morgan fingerprint density at radius 3 is 2.90 bits per heavy atom. The zero-order chi connectivity index (χ0) is 21.6. The first kappa shape index (κ1) is 20.8. The average molecular weight is 435 g/mol. The molecule has 0 bridgehead atoms. The fourth-order valence-electron chi connectivity index (χ4n) is 4.35. The maximum absolute atomic E-state index is 15.3. The van der Waals surface area contributed by atoms with Crippen molar-refractivity contribution < 1.29 is 23.8 Å². The number of carbonyl (C=O) groups is 2. The van der Waals surface area contributed by atoms with Crippen LogP contribution in [0.3, 0.4) is 0 Å². The third-order valence-corrected chi connectivity index (χ3v) is 6.77. The first-order valence-corrected chi connectivity index (χ1v) is 10.7. The number of pyridine rings is 1. The van der Waals surface area contributed by atoms with Gasteiger partial charge in [0.2, 0.25) is 5.43 Å². The van der Waals surface area contributed by atoms with Gasteiger partial charge in [0.1, 0.15) is 11.4 Å². The van der Waals surface area contributed by atoms with Crippen molar-refractivity contribution >= 4 is 40.6 Å². The summed E-state index contributed by atoms with van der Waals surface area (Å²) in [6, 6.07) is 0.172. The molecule has 3 heterocycles. The number of nitrogens with two attached hydrogens (primary N) is 1. The van der Waals surface area contributed by atoms with Gasteiger partial charge in [0.05, 0.1) is 46.4 Å². The Kier molecular flexibility index (Phi) is 5.56. The molecule has 2 aliphatic heterocycles. The Morgan fingerprint density at radius 1 is 1.47 bits per heavy atom. The van der Waals surface area contributed by atoms with Gasteiger partial charge in [-0.1, -0.05) is 0 Å². The first-order valence-electron chi connectivity index (χ1n) is 9.75. The summed E-state index contributed by atoms with van der Waals surface area (Å²) < 4.78 is 22.0. The van der Waals surface area contributed by atoms with E-state index in [9.17, 15) is 19.5 Å². The molecule has 1 fully saturated rings. The van der Waals surface area contributed by atoms with E-state index in [1.54, 1.807) is 16.4 Å². The maximum atomic E-state index is 15.3. The number of hydrogen-bond acceptors (Lipinski definition) is 8. The summed E-state index contributed by atoms with van der Waals surface area (Å²) in [6.07, 6.45) is 1.06. The van der Waals surface area contributed by atoms with E-state index in [1.165, 1.54) is 11.8 Å². The predicted molar refractivity (Wildman–Crippen MR) is 111 cm³/mol. The molecule has 0 amide bonds. The molecule has 1 aromatic carbocycles. The fourth-order valence-corrected chi connectivity index (χ4v) is 5.48. The number of aldehydes is 1. The van der Waals surface area contributed by atoms with E-state index in [1.807, 2.05) is 0 Å². The Morgan fingerprint density at radius 2 is 2.23 bits per heavy atom. The van der Waals surface area contributed by atoms with E-state index >= 15 is 4.39 Å². The number of aliphatic hydroxyl groups is 1. The van der Waals surface area contributed by atoms with Crippen molar-refractivity contribution in [2.45, 2.75) is 37.0 Å². The lowest BCUT2D eigenvalue weighted by atomic mass is 10.0. The van der Waals surface area contributed by atoms with E-state index in [0.717, 1.165) is 6.07 Å². The second-order valence-corrected chi connectivity index (χ2v) is 8.34. The summed E-state index contributed by atoms with van der Waals surface area (Å²) in [5.74, 6) is -0.926. The molecule has 0 unspecified atom stereocenters. The third-order valence-electron chi connectivity index (χ3n) is 5.69. The summed E-state index contributed by atoms with van der Waals surface area (Å²) in [5.41, 5.74) is 5.59. The zero-order valence-corrected chi connectivity index (χ0v) is 17.2. The number of fused-ring (bicyclic) bond motifs is 3. The van der Waals surface area contributed by atoms with Gasteiger partial charge in [0.25, 0.3) is 0 Å². The largest absolute Gasteiger partial charge is 0.462 e. The van der Waals surface area contributed by atoms with E-state index in [-0.39, 0.29) is 47.0 Å². The lowest BCUT2D eigenvalue weighted by molar-refractivity contribution is 0.0519. The Bertz CT molecular complexity index is 1100. The van der Waals surface area contributed by atoms with Gasteiger partial charge in [-0.25, -0.2) is 9.18 Å². The van der Waals surface area contributed by atoms with Crippen molar-refractivity contribution in [3.8, 4) is 0 Å². The predicted octanol–water partition coefficient (Wildman–Crippen LogP) is 1.13. The van der Waals surface area contributed by atoms with Crippen LogP contribution in [0.15, 0.2) is 15.9 Å². The van der Waals surface area contributed by atoms with Gasteiger partial charge in [0.15, 0.2) is 6.29 Å². The highest BCUT2D eigenvalue weighted by atomic mass is 32.2.